The molecule has 0 saturated carbocycles. The summed E-state index contributed by atoms with van der Waals surface area (Å²) >= 11 is 0. The summed E-state index contributed by atoms with van der Waals surface area (Å²) in [6.07, 6.45) is 2.44. The number of piperidine rings is 1. The Labute approximate surface area is 123 Å². The van der Waals surface area contributed by atoms with E-state index >= 15 is 0 Å². The van der Waals surface area contributed by atoms with E-state index in [9.17, 15) is 4.79 Å². The number of Topliss-reactive ketones (excluding diaryl/α,β-unsaturated/α-hetero) is 1. The van der Waals surface area contributed by atoms with Crippen molar-refractivity contribution in [3.63, 3.8) is 0 Å². The number of aromatic nitrogens is 1. The van der Waals surface area contributed by atoms with E-state index in [0.717, 1.165) is 30.3 Å². The molecule has 20 heavy (non-hydrogen) atoms. The van der Waals surface area contributed by atoms with Gasteiger partial charge in [-0.2, -0.15) is 0 Å². The van der Waals surface area contributed by atoms with Gasteiger partial charge in [0, 0.05) is 23.0 Å². The van der Waals surface area contributed by atoms with Crippen LogP contribution < -0.4 is 0 Å². The van der Waals surface area contributed by atoms with Gasteiger partial charge in [0.2, 0.25) is 0 Å². The van der Waals surface area contributed by atoms with E-state index in [0.29, 0.717) is 12.6 Å². The maximum absolute atomic E-state index is 12.5. The molecule has 0 radical (unpaired) electrons. The van der Waals surface area contributed by atoms with Crippen molar-refractivity contribution in [1.29, 1.82) is 0 Å². The Morgan fingerprint density at radius 3 is 2.40 bits per heavy atom. The average Bonchev–Trinajstić information content (AvgIpc) is 2.67. The van der Waals surface area contributed by atoms with Crippen LogP contribution in [0.25, 0.3) is 0 Å². The van der Waals surface area contributed by atoms with Gasteiger partial charge in [-0.25, -0.2) is 0 Å². The van der Waals surface area contributed by atoms with Crippen LogP contribution in [0, 0.1) is 19.8 Å². The van der Waals surface area contributed by atoms with Gasteiger partial charge in [-0.15, -0.1) is 0 Å². The normalized spacial score (nSPS) is 17.9. The van der Waals surface area contributed by atoms with Crippen LogP contribution in [-0.4, -0.2) is 34.9 Å². The minimum atomic E-state index is 0.277. The van der Waals surface area contributed by atoms with Gasteiger partial charge in [-0.05, 0) is 65.6 Å². The third-order valence-corrected chi connectivity index (χ3v) is 4.54. The summed E-state index contributed by atoms with van der Waals surface area (Å²) in [5.74, 6) is 1.09. The molecule has 1 fully saturated rings. The second-order valence-electron chi connectivity index (χ2n) is 6.63. The summed E-state index contributed by atoms with van der Waals surface area (Å²) in [5.41, 5.74) is 3.22. The largest absolute Gasteiger partial charge is 0.346 e. The average molecular weight is 276 g/mol. The SMILES string of the molecule is Cc1cc(C(=O)CN2CCC(C)CC2)c(C)n1C(C)C. The smallest absolute Gasteiger partial charge is 0.178 e. The summed E-state index contributed by atoms with van der Waals surface area (Å²) in [5, 5.41) is 0. The van der Waals surface area contributed by atoms with Gasteiger partial charge in [0.25, 0.3) is 0 Å². The number of rotatable bonds is 4. The molecule has 0 unspecified atom stereocenters. The second-order valence-corrected chi connectivity index (χ2v) is 6.63. The summed E-state index contributed by atoms with van der Waals surface area (Å²) in [6.45, 7) is 13.5. The molecule has 1 aliphatic rings. The zero-order chi connectivity index (χ0) is 14.9. The topological polar surface area (TPSA) is 25.2 Å². The quantitative estimate of drug-likeness (QED) is 0.785. The summed E-state index contributed by atoms with van der Waals surface area (Å²) in [7, 11) is 0. The van der Waals surface area contributed by atoms with Crippen molar-refractivity contribution in [2.75, 3.05) is 19.6 Å². The Balaban J connectivity index is 2.08. The molecule has 0 aromatic carbocycles. The molecule has 0 aliphatic carbocycles. The van der Waals surface area contributed by atoms with Crippen molar-refractivity contribution in [3.05, 3.63) is 23.0 Å². The lowest BCUT2D eigenvalue weighted by molar-refractivity contribution is 0.0899. The highest BCUT2D eigenvalue weighted by Gasteiger charge is 2.21. The van der Waals surface area contributed by atoms with E-state index in [2.05, 4.69) is 50.2 Å². The molecule has 0 amide bonds. The summed E-state index contributed by atoms with van der Waals surface area (Å²) in [4.78, 5) is 14.9. The van der Waals surface area contributed by atoms with E-state index in [-0.39, 0.29) is 5.78 Å². The van der Waals surface area contributed by atoms with Crippen LogP contribution in [0.3, 0.4) is 0 Å². The van der Waals surface area contributed by atoms with Crippen molar-refractivity contribution < 1.29 is 4.79 Å². The molecule has 1 aromatic heterocycles. The summed E-state index contributed by atoms with van der Waals surface area (Å²) < 4.78 is 2.26. The molecule has 0 N–H and O–H groups in total. The van der Waals surface area contributed by atoms with Crippen LogP contribution in [0.15, 0.2) is 6.07 Å². The first-order valence-electron chi connectivity index (χ1n) is 7.84. The van der Waals surface area contributed by atoms with Gasteiger partial charge in [0.15, 0.2) is 5.78 Å². The van der Waals surface area contributed by atoms with Gasteiger partial charge in [-0.1, -0.05) is 6.92 Å². The standard InChI is InChI=1S/C17H28N2O/c1-12(2)19-14(4)10-16(15(19)5)17(20)11-18-8-6-13(3)7-9-18/h10,12-13H,6-9,11H2,1-5H3. The first kappa shape index (κ1) is 15.3. The Hall–Kier alpha value is -1.09. The van der Waals surface area contributed by atoms with Crippen molar-refractivity contribution in [3.8, 4) is 0 Å². The molecule has 0 spiro atoms. The number of likely N-dealkylation sites (tertiary alicyclic amines) is 1. The zero-order valence-electron chi connectivity index (χ0n) is 13.6. The molecule has 2 heterocycles. The third-order valence-electron chi connectivity index (χ3n) is 4.54. The van der Waals surface area contributed by atoms with Crippen molar-refractivity contribution >= 4 is 5.78 Å². The predicted octanol–water partition coefficient (Wildman–Crippen LogP) is 3.60. The lowest BCUT2D eigenvalue weighted by Crippen LogP contribution is -2.36. The Kier molecular flexibility index (Phi) is 4.69. The molecule has 0 bridgehead atoms. The van der Waals surface area contributed by atoms with Gasteiger partial charge in [0.1, 0.15) is 0 Å². The number of carbonyl (C=O) groups excluding carboxylic acids is 1. The number of hydrogen-bond donors (Lipinski definition) is 0. The molecule has 112 valence electrons. The third kappa shape index (κ3) is 3.14. The minimum absolute atomic E-state index is 0.277. The number of carbonyl (C=O) groups is 1. The lowest BCUT2D eigenvalue weighted by atomic mass is 9.99. The fraction of sp³-hybridized carbons (Fsp3) is 0.706. The van der Waals surface area contributed by atoms with E-state index in [4.69, 9.17) is 0 Å². The maximum atomic E-state index is 12.5. The fourth-order valence-corrected chi connectivity index (χ4v) is 3.36. The van der Waals surface area contributed by atoms with Crippen LogP contribution in [0.2, 0.25) is 0 Å². The first-order chi connectivity index (χ1) is 9.40. The van der Waals surface area contributed by atoms with E-state index < -0.39 is 0 Å². The Morgan fingerprint density at radius 2 is 1.90 bits per heavy atom. The zero-order valence-corrected chi connectivity index (χ0v) is 13.6. The molecule has 1 saturated heterocycles. The van der Waals surface area contributed by atoms with Gasteiger partial charge in [-0.3, -0.25) is 9.69 Å². The number of ketones is 1. The van der Waals surface area contributed by atoms with Crippen molar-refractivity contribution in [1.82, 2.24) is 9.47 Å². The van der Waals surface area contributed by atoms with Gasteiger partial charge >= 0.3 is 0 Å². The first-order valence-corrected chi connectivity index (χ1v) is 7.84. The summed E-state index contributed by atoms with van der Waals surface area (Å²) in [6, 6.07) is 2.47. The maximum Gasteiger partial charge on any atom is 0.178 e. The predicted molar refractivity (Wildman–Crippen MR) is 83.5 cm³/mol. The van der Waals surface area contributed by atoms with Gasteiger partial charge < -0.3 is 4.57 Å². The number of hydrogen-bond acceptors (Lipinski definition) is 2. The Morgan fingerprint density at radius 1 is 1.30 bits per heavy atom. The lowest BCUT2D eigenvalue weighted by Gasteiger charge is -2.29. The second kappa shape index (κ2) is 6.13. The van der Waals surface area contributed by atoms with E-state index in [1.165, 1.54) is 18.5 Å². The minimum Gasteiger partial charge on any atom is -0.346 e. The highest BCUT2D eigenvalue weighted by Crippen LogP contribution is 2.22. The van der Waals surface area contributed by atoms with Crippen molar-refractivity contribution in [2.45, 2.75) is 53.5 Å². The molecule has 0 atom stereocenters. The van der Waals surface area contributed by atoms with Gasteiger partial charge in [0.05, 0.1) is 6.54 Å². The van der Waals surface area contributed by atoms with Crippen LogP contribution in [-0.2, 0) is 0 Å². The monoisotopic (exact) mass is 276 g/mol. The van der Waals surface area contributed by atoms with Crippen LogP contribution in [0.1, 0.15) is 61.4 Å². The molecule has 1 aliphatic heterocycles. The number of aryl methyl sites for hydroxylation is 1. The van der Waals surface area contributed by atoms with Crippen LogP contribution in [0.5, 0.6) is 0 Å². The van der Waals surface area contributed by atoms with Crippen LogP contribution in [0.4, 0.5) is 0 Å². The highest BCUT2D eigenvalue weighted by atomic mass is 16.1. The molecule has 2 rings (SSSR count). The fourth-order valence-electron chi connectivity index (χ4n) is 3.36. The van der Waals surface area contributed by atoms with E-state index in [1.807, 2.05) is 0 Å². The van der Waals surface area contributed by atoms with Crippen LogP contribution >= 0.6 is 0 Å². The number of nitrogens with zero attached hydrogens (tertiary/aromatic N) is 2. The molecule has 1 aromatic rings. The molecule has 3 nitrogen and oxygen atoms in total. The highest BCUT2D eigenvalue weighted by molar-refractivity contribution is 5.99. The molecular formula is C17H28N2O. The molecular weight excluding hydrogens is 248 g/mol. The van der Waals surface area contributed by atoms with E-state index in [1.54, 1.807) is 0 Å². The Bertz CT molecular complexity index is 479. The molecule has 3 heteroatoms. The van der Waals surface area contributed by atoms with Crippen molar-refractivity contribution in [2.24, 2.45) is 5.92 Å².